The van der Waals surface area contributed by atoms with Crippen molar-refractivity contribution in [3.05, 3.63) is 12.2 Å². The lowest BCUT2D eigenvalue weighted by atomic mass is 9.80. The summed E-state index contributed by atoms with van der Waals surface area (Å²) < 4.78 is 5.35. The standard InChI is InChI=1S/C13H22NO3/c1-9(2)11(15)17-10-7-8-12(3,4)14(16)13(10,5)6/h10H,1,7-8H2,2-6H3. The van der Waals surface area contributed by atoms with Crippen LogP contribution in [-0.4, -0.2) is 28.2 Å². The van der Waals surface area contributed by atoms with Crippen LogP contribution < -0.4 is 0 Å². The average molecular weight is 240 g/mol. The number of hydrogen-bond donors (Lipinski definition) is 0. The van der Waals surface area contributed by atoms with Gasteiger partial charge in [-0.3, -0.25) is 0 Å². The third kappa shape index (κ3) is 2.69. The Hall–Kier alpha value is -0.870. The van der Waals surface area contributed by atoms with Crippen LogP contribution in [0.3, 0.4) is 0 Å². The third-order valence-electron chi connectivity index (χ3n) is 3.48. The highest BCUT2D eigenvalue weighted by Gasteiger charge is 2.49. The van der Waals surface area contributed by atoms with E-state index in [1.165, 1.54) is 0 Å². The van der Waals surface area contributed by atoms with Gasteiger partial charge in [0.25, 0.3) is 0 Å². The van der Waals surface area contributed by atoms with Crippen LogP contribution in [0, 0.1) is 0 Å². The molecule has 0 amide bonds. The SMILES string of the molecule is C=C(C)C(=O)OC1CCC(C)(C)N([O])C1(C)C. The van der Waals surface area contributed by atoms with Gasteiger partial charge in [-0.15, -0.1) is 10.3 Å². The van der Waals surface area contributed by atoms with Gasteiger partial charge in [0.05, 0.1) is 5.54 Å². The van der Waals surface area contributed by atoms with E-state index in [9.17, 15) is 10.0 Å². The fourth-order valence-electron chi connectivity index (χ4n) is 2.28. The van der Waals surface area contributed by atoms with Gasteiger partial charge in [-0.05, 0) is 47.5 Å². The first kappa shape index (κ1) is 14.2. The number of carbonyl (C=O) groups excluding carboxylic acids is 1. The molecule has 0 N–H and O–H groups in total. The molecule has 0 aromatic heterocycles. The van der Waals surface area contributed by atoms with E-state index < -0.39 is 17.0 Å². The minimum Gasteiger partial charge on any atom is -0.457 e. The second kappa shape index (κ2) is 4.42. The van der Waals surface area contributed by atoms with Crippen molar-refractivity contribution in [3.63, 3.8) is 0 Å². The average Bonchev–Trinajstić information content (AvgIpc) is 2.20. The van der Waals surface area contributed by atoms with Crippen LogP contribution in [0.1, 0.15) is 47.5 Å². The van der Waals surface area contributed by atoms with Crippen molar-refractivity contribution in [2.24, 2.45) is 0 Å². The van der Waals surface area contributed by atoms with Gasteiger partial charge in [-0.25, -0.2) is 4.79 Å². The van der Waals surface area contributed by atoms with Crippen molar-refractivity contribution in [1.29, 1.82) is 0 Å². The summed E-state index contributed by atoms with van der Waals surface area (Å²) in [4.78, 5) is 11.5. The summed E-state index contributed by atoms with van der Waals surface area (Å²) in [5, 5.41) is 13.3. The molecular formula is C13H22NO3. The first-order valence-electron chi connectivity index (χ1n) is 5.93. The van der Waals surface area contributed by atoms with E-state index >= 15 is 0 Å². The Morgan fingerprint density at radius 3 is 2.35 bits per heavy atom. The molecule has 1 atom stereocenters. The molecule has 4 nitrogen and oxygen atoms in total. The maximum Gasteiger partial charge on any atom is 0.333 e. The normalized spacial score (nSPS) is 27.5. The van der Waals surface area contributed by atoms with Crippen LogP contribution in [-0.2, 0) is 14.7 Å². The van der Waals surface area contributed by atoms with Crippen molar-refractivity contribution in [1.82, 2.24) is 5.06 Å². The van der Waals surface area contributed by atoms with Gasteiger partial charge >= 0.3 is 5.97 Å². The summed E-state index contributed by atoms with van der Waals surface area (Å²) >= 11 is 0. The number of hydrogen-bond acceptors (Lipinski definition) is 3. The summed E-state index contributed by atoms with van der Waals surface area (Å²) in [5.41, 5.74) is -0.745. The lowest BCUT2D eigenvalue weighted by Gasteiger charge is -2.50. The number of rotatable bonds is 2. The van der Waals surface area contributed by atoms with Crippen LogP contribution >= 0.6 is 0 Å². The predicted molar refractivity (Wildman–Crippen MR) is 64.6 cm³/mol. The molecule has 1 radical (unpaired) electrons. The predicted octanol–water partition coefficient (Wildman–Crippen LogP) is 2.47. The van der Waals surface area contributed by atoms with Crippen molar-refractivity contribution in [2.45, 2.75) is 64.6 Å². The molecule has 17 heavy (non-hydrogen) atoms. The summed E-state index contributed by atoms with van der Waals surface area (Å²) in [6.45, 7) is 12.6. The number of esters is 1. The Morgan fingerprint density at radius 1 is 1.35 bits per heavy atom. The Morgan fingerprint density at radius 2 is 1.88 bits per heavy atom. The van der Waals surface area contributed by atoms with Gasteiger partial charge in [0.2, 0.25) is 0 Å². The molecule has 0 saturated carbocycles. The van der Waals surface area contributed by atoms with Crippen molar-refractivity contribution < 1.29 is 14.7 Å². The zero-order valence-electron chi connectivity index (χ0n) is 11.4. The van der Waals surface area contributed by atoms with E-state index in [0.29, 0.717) is 18.4 Å². The molecule has 0 aromatic rings. The van der Waals surface area contributed by atoms with E-state index in [2.05, 4.69) is 6.58 Å². The molecule has 4 heteroatoms. The minimum atomic E-state index is -0.702. The zero-order chi connectivity index (χ0) is 13.4. The molecular weight excluding hydrogens is 218 g/mol. The van der Waals surface area contributed by atoms with E-state index in [0.717, 1.165) is 5.06 Å². The highest BCUT2D eigenvalue weighted by Crippen LogP contribution is 2.38. The smallest absolute Gasteiger partial charge is 0.333 e. The highest BCUT2D eigenvalue weighted by molar-refractivity contribution is 5.87. The van der Waals surface area contributed by atoms with Crippen LogP contribution in [0.5, 0.6) is 0 Å². The molecule has 0 spiro atoms. The van der Waals surface area contributed by atoms with Gasteiger partial charge in [0.1, 0.15) is 6.10 Å². The Balaban J connectivity index is 2.83. The Kier molecular flexibility index (Phi) is 3.69. The molecule has 1 heterocycles. The summed E-state index contributed by atoms with van der Waals surface area (Å²) in [5.74, 6) is -0.420. The van der Waals surface area contributed by atoms with E-state index in [4.69, 9.17) is 4.74 Å². The molecule has 1 rings (SSSR count). The number of hydroxylamine groups is 2. The second-order valence-electron chi connectivity index (χ2n) is 5.97. The largest absolute Gasteiger partial charge is 0.457 e. The maximum atomic E-state index is 12.2. The van der Waals surface area contributed by atoms with Gasteiger partial charge in [0.15, 0.2) is 0 Å². The molecule has 0 aromatic carbocycles. The summed E-state index contributed by atoms with van der Waals surface area (Å²) in [6, 6.07) is 0. The summed E-state index contributed by atoms with van der Waals surface area (Å²) in [6.07, 6.45) is 1.04. The van der Waals surface area contributed by atoms with Crippen molar-refractivity contribution >= 4 is 5.97 Å². The van der Waals surface area contributed by atoms with Gasteiger partial charge < -0.3 is 4.74 Å². The van der Waals surface area contributed by atoms with Crippen LogP contribution in [0.25, 0.3) is 0 Å². The first-order chi connectivity index (χ1) is 7.59. The Labute approximate surface area is 103 Å². The molecule has 0 bridgehead atoms. The van der Waals surface area contributed by atoms with E-state index in [-0.39, 0.29) is 6.10 Å². The fourth-order valence-corrected chi connectivity index (χ4v) is 2.28. The molecule has 1 aliphatic rings. The lowest BCUT2D eigenvalue weighted by Crippen LogP contribution is -2.63. The summed E-state index contributed by atoms with van der Waals surface area (Å²) in [7, 11) is 0. The van der Waals surface area contributed by atoms with Crippen LogP contribution in [0.15, 0.2) is 12.2 Å². The molecule has 1 fully saturated rings. The molecule has 0 aliphatic carbocycles. The molecule has 1 aliphatic heterocycles. The Bertz CT molecular complexity index is 334. The highest BCUT2D eigenvalue weighted by atomic mass is 16.6. The number of carbonyl (C=O) groups is 1. The fraction of sp³-hybridized carbons (Fsp3) is 0.769. The number of piperidine rings is 1. The zero-order valence-corrected chi connectivity index (χ0v) is 11.4. The van der Waals surface area contributed by atoms with Gasteiger partial charge in [-0.1, -0.05) is 6.58 Å². The van der Waals surface area contributed by atoms with Gasteiger partial charge in [0, 0.05) is 11.1 Å². The topological polar surface area (TPSA) is 49.4 Å². The van der Waals surface area contributed by atoms with Crippen molar-refractivity contribution in [2.75, 3.05) is 0 Å². The monoisotopic (exact) mass is 240 g/mol. The van der Waals surface area contributed by atoms with Crippen LogP contribution in [0.2, 0.25) is 0 Å². The maximum absolute atomic E-state index is 12.2. The lowest BCUT2D eigenvalue weighted by molar-refractivity contribution is -0.309. The van der Waals surface area contributed by atoms with Crippen LogP contribution in [0.4, 0.5) is 0 Å². The molecule has 97 valence electrons. The second-order valence-corrected chi connectivity index (χ2v) is 5.97. The van der Waals surface area contributed by atoms with E-state index in [1.54, 1.807) is 6.92 Å². The quantitative estimate of drug-likeness (QED) is 0.550. The van der Waals surface area contributed by atoms with E-state index in [1.807, 2.05) is 27.7 Å². The molecule has 1 saturated heterocycles. The molecule has 1 unspecified atom stereocenters. The first-order valence-corrected chi connectivity index (χ1v) is 5.93. The number of ether oxygens (including phenoxy) is 1. The van der Waals surface area contributed by atoms with Crippen molar-refractivity contribution in [3.8, 4) is 0 Å². The third-order valence-corrected chi connectivity index (χ3v) is 3.48. The number of nitrogens with zero attached hydrogens (tertiary/aromatic N) is 1. The van der Waals surface area contributed by atoms with Gasteiger partial charge in [-0.2, -0.15) is 0 Å². The minimum absolute atomic E-state index is 0.364.